The first-order chi connectivity index (χ1) is 9.15. The van der Waals surface area contributed by atoms with Crippen LogP contribution in [0.5, 0.6) is 0 Å². The van der Waals surface area contributed by atoms with E-state index in [1.807, 2.05) is 0 Å². The van der Waals surface area contributed by atoms with Gasteiger partial charge in [-0.3, -0.25) is 0 Å². The van der Waals surface area contributed by atoms with Crippen LogP contribution in [0.15, 0.2) is 24.3 Å². The lowest BCUT2D eigenvalue weighted by atomic mass is 10.2. The van der Waals surface area contributed by atoms with Gasteiger partial charge in [0.1, 0.15) is 5.82 Å². The molecule has 5 nitrogen and oxygen atoms in total. The summed E-state index contributed by atoms with van der Waals surface area (Å²) in [6.45, 7) is 1.36. The molecule has 1 aromatic rings. The molecule has 6 heteroatoms. The van der Waals surface area contributed by atoms with Crippen molar-refractivity contribution >= 4 is 12.2 Å². The minimum absolute atomic E-state index is 0.115. The van der Waals surface area contributed by atoms with Crippen molar-refractivity contribution < 1.29 is 18.7 Å². The van der Waals surface area contributed by atoms with Gasteiger partial charge in [0, 0.05) is 19.6 Å². The van der Waals surface area contributed by atoms with E-state index < -0.39 is 12.2 Å². The van der Waals surface area contributed by atoms with Crippen molar-refractivity contribution in [3.05, 3.63) is 35.6 Å². The number of nitrogens with zero attached hydrogens (tertiary/aromatic N) is 1. The van der Waals surface area contributed by atoms with Crippen molar-refractivity contribution in [3.63, 3.8) is 0 Å². The summed E-state index contributed by atoms with van der Waals surface area (Å²) in [5.74, 6) is -0.374. The molecule has 2 rings (SSSR count). The number of hydrogen-bond donors (Lipinski definition) is 1. The van der Waals surface area contributed by atoms with Gasteiger partial charge in [-0.1, -0.05) is 12.1 Å². The van der Waals surface area contributed by atoms with Gasteiger partial charge >= 0.3 is 12.2 Å². The molecule has 0 unspecified atom stereocenters. The summed E-state index contributed by atoms with van der Waals surface area (Å²) in [5, 5.41) is 2.41. The number of nitrogens with one attached hydrogen (secondary N) is 1. The molecule has 0 aromatic heterocycles. The highest BCUT2D eigenvalue weighted by molar-refractivity contribution is 5.83. The Kier molecular flexibility index (Phi) is 4.33. The molecule has 1 fully saturated rings. The topological polar surface area (TPSA) is 58.6 Å². The lowest BCUT2D eigenvalue weighted by Crippen LogP contribution is -2.34. The number of rotatable bonds is 2. The summed E-state index contributed by atoms with van der Waals surface area (Å²) in [6.07, 6.45) is 0.412. The van der Waals surface area contributed by atoms with Gasteiger partial charge in [-0.05, 0) is 30.5 Å². The van der Waals surface area contributed by atoms with Gasteiger partial charge < -0.3 is 15.0 Å². The normalized spacial score (nSPS) is 14.3. The zero-order chi connectivity index (χ0) is 13.7. The third-order valence-electron chi connectivity index (χ3n) is 2.87. The zero-order valence-electron chi connectivity index (χ0n) is 10.4. The third-order valence-corrected chi connectivity index (χ3v) is 2.87. The fourth-order valence-electron chi connectivity index (χ4n) is 1.90. The van der Waals surface area contributed by atoms with Crippen molar-refractivity contribution in [1.29, 1.82) is 0 Å². The highest BCUT2D eigenvalue weighted by atomic mass is 19.1. The second-order valence-electron chi connectivity index (χ2n) is 4.33. The number of alkyl carbamates (subject to hydrolysis) is 1. The highest BCUT2D eigenvalue weighted by Crippen LogP contribution is 2.09. The van der Waals surface area contributed by atoms with Gasteiger partial charge in [0.15, 0.2) is 0 Å². The van der Waals surface area contributed by atoms with Crippen LogP contribution in [0.1, 0.15) is 18.4 Å². The second kappa shape index (κ2) is 6.17. The molecule has 102 valence electrons. The molecule has 1 aromatic carbocycles. The number of carbonyl (C=O) groups is 2. The molecule has 1 heterocycles. The zero-order valence-corrected chi connectivity index (χ0v) is 10.4. The summed E-state index contributed by atoms with van der Waals surface area (Å²) in [4.78, 5) is 24.4. The van der Waals surface area contributed by atoms with Gasteiger partial charge in [-0.15, -0.1) is 0 Å². The molecular formula is C13H15FN2O3. The van der Waals surface area contributed by atoms with Gasteiger partial charge in [0.05, 0.1) is 0 Å². The molecule has 2 amide bonds. The number of hydrogen-bond acceptors (Lipinski definition) is 3. The third kappa shape index (κ3) is 3.94. The number of ether oxygens (including phenoxy) is 1. The summed E-state index contributed by atoms with van der Waals surface area (Å²) < 4.78 is 17.5. The summed E-state index contributed by atoms with van der Waals surface area (Å²) >= 11 is 0. The molecular weight excluding hydrogens is 251 g/mol. The number of benzene rings is 1. The molecule has 1 aliphatic heterocycles. The minimum atomic E-state index is -0.818. The minimum Gasteiger partial charge on any atom is -0.359 e. The standard InChI is InChI=1S/C13H15FN2O3/c14-11-5-3-4-10(8-11)9-15-12(17)19-13(18)16-6-1-2-7-16/h3-5,8H,1-2,6-7,9H2,(H,15,17). The largest absolute Gasteiger partial charge is 0.418 e. The van der Waals surface area contributed by atoms with Crippen LogP contribution in [-0.4, -0.2) is 30.2 Å². The van der Waals surface area contributed by atoms with E-state index in [4.69, 9.17) is 0 Å². The van der Waals surface area contributed by atoms with Crippen LogP contribution in [0.25, 0.3) is 0 Å². The fraction of sp³-hybridized carbons (Fsp3) is 0.385. The first-order valence-corrected chi connectivity index (χ1v) is 6.14. The molecule has 1 saturated heterocycles. The lowest BCUT2D eigenvalue weighted by molar-refractivity contribution is 0.124. The number of halogens is 1. The van der Waals surface area contributed by atoms with Crippen molar-refractivity contribution in [3.8, 4) is 0 Å². The Balaban J connectivity index is 1.76. The van der Waals surface area contributed by atoms with E-state index in [9.17, 15) is 14.0 Å². The van der Waals surface area contributed by atoms with Crippen LogP contribution in [0.2, 0.25) is 0 Å². The lowest BCUT2D eigenvalue weighted by Gasteiger charge is -2.14. The number of amides is 2. The quantitative estimate of drug-likeness (QED) is 0.835. The highest BCUT2D eigenvalue weighted by Gasteiger charge is 2.21. The van der Waals surface area contributed by atoms with Gasteiger partial charge in [-0.2, -0.15) is 0 Å². The van der Waals surface area contributed by atoms with E-state index in [1.54, 1.807) is 12.1 Å². The van der Waals surface area contributed by atoms with E-state index in [0.29, 0.717) is 18.7 Å². The van der Waals surface area contributed by atoms with Crippen LogP contribution in [0, 0.1) is 5.82 Å². The monoisotopic (exact) mass is 266 g/mol. The Hall–Kier alpha value is -2.11. The molecule has 0 bridgehead atoms. The molecule has 0 saturated carbocycles. The first kappa shape index (κ1) is 13.3. The van der Waals surface area contributed by atoms with Crippen molar-refractivity contribution in [2.45, 2.75) is 19.4 Å². The van der Waals surface area contributed by atoms with E-state index in [-0.39, 0.29) is 12.4 Å². The summed E-state index contributed by atoms with van der Waals surface area (Å²) in [6, 6.07) is 5.85. The van der Waals surface area contributed by atoms with Gasteiger partial charge in [0.2, 0.25) is 0 Å². The molecule has 19 heavy (non-hydrogen) atoms. The van der Waals surface area contributed by atoms with Crippen molar-refractivity contribution in [2.75, 3.05) is 13.1 Å². The smallest absolute Gasteiger partial charge is 0.359 e. The van der Waals surface area contributed by atoms with Crippen molar-refractivity contribution in [2.24, 2.45) is 0 Å². The Bertz CT molecular complexity index is 473. The second-order valence-corrected chi connectivity index (χ2v) is 4.33. The maximum absolute atomic E-state index is 12.9. The van der Waals surface area contributed by atoms with Crippen LogP contribution in [0.3, 0.4) is 0 Å². The number of carbonyl (C=O) groups excluding carboxylic acids is 2. The van der Waals surface area contributed by atoms with Gasteiger partial charge in [0.25, 0.3) is 0 Å². The van der Waals surface area contributed by atoms with E-state index in [0.717, 1.165) is 12.8 Å². The maximum Gasteiger partial charge on any atom is 0.418 e. The van der Waals surface area contributed by atoms with Crippen LogP contribution < -0.4 is 5.32 Å². The summed E-state index contributed by atoms with van der Waals surface area (Å²) in [5.41, 5.74) is 0.602. The molecule has 0 aliphatic carbocycles. The average molecular weight is 266 g/mol. The fourth-order valence-corrected chi connectivity index (χ4v) is 1.90. The Morgan fingerprint density at radius 1 is 1.32 bits per heavy atom. The molecule has 0 radical (unpaired) electrons. The van der Waals surface area contributed by atoms with Crippen molar-refractivity contribution in [1.82, 2.24) is 10.2 Å². The Morgan fingerprint density at radius 2 is 2.05 bits per heavy atom. The predicted molar refractivity (Wildman–Crippen MR) is 65.9 cm³/mol. The molecule has 0 atom stereocenters. The molecule has 1 aliphatic rings. The predicted octanol–water partition coefficient (Wildman–Crippen LogP) is 2.27. The van der Waals surface area contributed by atoms with E-state index in [1.165, 1.54) is 17.0 Å². The van der Waals surface area contributed by atoms with E-state index in [2.05, 4.69) is 10.1 Å². The molecule has 1 N–H and O–H groups in total. The first-order valence-electron chi connectivity index (χ1n) is 6.14. The van der Waals surface area contributed by atoms with Crippen LogP contribution >= 0.6 is 0 Å². The average Bonchev–Trinajstić information content (AvgIpc) is 2.90. The SMILES string of the molecule is O=C(NCc1cccc(F)c1)OC(=O)N1CCCC1. The van der Waals surface area contributed by atoms with Crippen LogP contribution in [0.4, 0.5) is 14.0 Å². The van der Waals surface area contributed by atoms with Gasteiger partial charge in [-0.25, -0.2) is 14.0 Å². The number of likely N-dealkylation sites (tertiary alicyclic amines) is 1. The Labute approximate surface area is 110 Å². The maximum atomic E-state index is 12.9. The van der Waals surface area contributed by atoms with E-state index >= 15 is 0 Å². The Morgan fingerprint density at radius 3 is 2.74 bits per heavy atom. The van der Waals surface area contributed by atoms with Crippen LogP contribution in [-0.2, 0) is 11.3 Å². The molecule has 0 spiro atoms. The summed E-state index contributed by atoms with van der Waals surface area (Å²) in [7, 11) is 0.